The van der Waals surface area contributed by atoms with Crippen LogP contribution in [-0.2, 0) is 9.63 Å². The number of hydrogen-bond donors (Lipinski definition) is 2. The average Bonchev–Trinajstić information content (AvgIpc) is 2.59. The number of carboxylic acid groups (broad SMARTS) is 1. The molecule has 0 spiro atoms. The second-order valence-corrected chi connectivity index (χ2v) is 5.61. The molecule has 0 fully saturated rings. The molecule has 0 amide bonds. The zero-order chi connectivity index (χ0) is 18.4. The van der Waals surface area contributed by atoms with Crippen LogP contribution in [0.5, 0.6) is 5.75 Å². The molecule has 0 aliphatic carbocycles. The maximum absolute atomic E-state index is 11.6. The molecule has 2 aromatic carbocycles. The van der Waals surface area contributed by atoms with Gasteiger partial charge in [-0.2, -0.15) is 0 Å². The average molecular weight is 349 g/mol. The minimum atomic E-state index is -1.10. The van der Waals surface area contributed by atoms with Crippen LogP contribution >= 0.6 is 0 Å². The van der Waals surface area contributed by atoms with Crippen molar-refractivity contribution in [2.75, 3.05) is 13.7 Å². The van der Waals surface area contributed by atoms with Gasteiger partial charge in [0.1, 0.15) is 12.4 Å². The van der Waals surface area contributed by atoms with Gasteiger partial charge in [-0.15, -0.1) is 10.1 Å². The molecule has 0 radical (unpaired) electrons. The van der Waals surface area contributed by atoms with Gasteiger partial charge in [0.15, 0.2) is 0 Å². The van der Waals surface area contributed by atoms with Gasteiger partial charge in [0.25, 0.3) is 5.09 Å². The van der Waals surface area contributed by atoms with Crippen LogP contribution in [0.2, 0.25) is 0 Å². The molecular weight excluding hydrogens is 330 g/mol. The van der Waals surface area contributed by atoms with Gasteiger partial charge >= 0.3 is 5.97 Å². The summed E-state index contributed by atoms with van der Waals surface area (Å²) < 4.78 is 5.16. The fourth-order valence-electron chi connectivity index (χ4n) is 2.61. The number of aliphatic hydroxyl groups excluding tert-OH is 1. The molecular formula is C17H19NO7. The van der Waals surface area contributed by atoms with Gasteiger partial charge in [0.2, 0.25) is 0 Å². The second kappa shape index (κ2) is 8.29. The van der Waals surface area contributed by atoms with Gasteiger partial charge in [0, 0.05) is 0 Å². The normalized spacial score (nSPS) is 13.2. The first-order valence-corrected chi connectivity index (χ1v) is 7.66. The van der Waals surface area contributed by atoms with E-state index in [2.05, 4.69) is 4.84 Å². The second-order valence-electron chi connectivity index (χ2n) is 5.61. The molecule has 0 aliphatic rings. The molecule has 1 unspecified atom stereocenters. The van der Waals surface area contributed by atoms with Gasteiger partial charge in [-0.3, -0.25) is 4.79 Å². The number of aliphatic hydroxyl groups is 1. The maximum atomic E-state index is 11.6. The maximum Gasteiger partial charge on any atom is 0.310 e. The number of rotatable bonds is 9. The Labute approximate surface area is 143 Å². The van der Waals surface area contributed by atoms with E-state index < -0.39 is 29.7 Å². The number of carboxylic acids is 1. The molecule has 134 valence electrons. The van der Waals surface area contributed by atoms with Crippen LogP contribution in [0.4, 0.5) is 0 Å². The summed E-state index contributed by atoms with van der Waals surface area (Å²) in [5.74, 6) is -1.13. The quantitative estimate of drug-likeness (QED) is 0.527. The molecule has 2 aromatic rings. The first kappa shape index (κ1) is 18.5. The molecule has 0 saturated carbocycles. The van der Waals surface area contributed by atoms with Crippen molar-refractivity contribution >= 4 is 16.7 Å². The van der Waals surface area contributed by atoms with Crippen molar-refractivity contribution in [1.82, 2.24) is 0 Å². The van der Waals surface area contributed by atoms with Gasteiger partial charge in [0.05, 0.1) is 19.1 Å². The lowest BCUT2D eigenvalue weighted by Crippen LogP contribution is -2.20. The van der Waals surface area contributed by atoms with E-state index in [-0.39, 0.29) is 12.8 Å². The highest BCUT2D eigenvalue weighted by atomic mass is 17.0. The number of nitrogens with zero attached hydrogens (tertiary/aromatic N) is 1. The Morgan fingerprint density at radius 3 is 2.52 bits per heavy atom. The molecule has 8 heteroatoms. The fraction of sp³-hybridized carbons (Fsp3) is 0.353. The molecule has 2 rings (SSSR count). The molecule has 2 atom stereocenters. The Hall–Kier alpha value is -2.87. The number of fused-ring (bicyclic) bond motifs is 1. The number of hydrogen-bond acceptors (Lipinski definition) is 6. The van der Waals surface area contributed by atoms with Gasteiger partial charge in [-0.1, -0.05) is 24.3 Å². The van der Waals surface area contributed by atoms with Crippen molar-refractivity contribution in [2.45, 2.75) is 24.9 Å². The summed E-state index contributed by atoms with van der Waals surface area (Å²) in [5, 5.41) is 30.1. The third-order valence-corrected chi connectivity index (χ3v) is 3.93. The summed E-state index contributed by atoms with van der Waals surface area (Å²) in [5.41, 5.74) is 0.604. The lowest BCUT2D eigenvalue weighted by atomic mass is 9.91. The Morgan fingerprint density at radius 2 is 1.88 bits per heavy atom. The van der Waals surface area contributed by atoms with E-state index in [1.807, 2.05) is 18.2 Å². The molecule has 25 heavy (non-hydrogen) atoms. The third kappa shape index (κ3) is 5.05. The lowest BCUT2D eigenvalue weighted by molar-refractivity contribution is -0.759. The van der Waals surface area contributed by atoms with Crippen LogP contribution in [0.25, 0.3) is 10.8 Å². The minimum Gasteiger partial charge on any atom is -0.497 e. The van der Waals surface area contributed by atoms with E-state index in [1.165, 1.54) is 0 Å². The highest BCUT2D eigenvalue weighted by Gasteiger charge is 2.22. The van der Waals surface area contributed by atoms with E-state index in [1.54, 1.807) is 25.3 Å². The first-order chi connectivity index (χ1) is 11.9. The van der Waals surface area contributed by atoms with Crippen LogP contribution in [0.1, 0.15) is 24.3 Å². The Balaban J connectivity index is 2.12. The zero-order valence-electron chi connectivity index (χ0n) is 13.6. The molecule has 8 nitrogen and oxygen atoms in total. The van der Waals surface area contributed by atoms with Crippen LogP contribution in [-0.4, -0.2) is 41.1 Å². The predicted molar refractivity (Wildman–Crippen MR) is 89.1 cm³/mol. The summed E-state index contributed by atoms with van der Waals surface area (Å²) in [6.07, 6.45) is -0.887. The molecule has 0 saturated heterocycles. The fourth-order valence-corrected chi connectivity index (χ4v) is 2.61. The van der Waals surface area contributed by atoms with Crippen LogP contribution in [0, 0.1) is 10.1 Å². The molecule has 0 heterocycles. The van der Waals surface area contributed by atoms with Gasteiger partial charge in [-0.05, 0) is 41.3 Å². The van der Waals surface area contributed by atoms with Crippen molar-refractivity contribution in [3.05, 3.63) is 52.1 Å². The predicted octanol–water partition coefficient (Wildman–Crippen LogP) is 2.37. The van der Waals surface area contributed by atoms with E-state index in [4.69, 9.17) is 4.74 Å². The smallest absolute Gasteiger partial charge is 0.310 e. The SMILES string of the molecule is COc1ccc2cc([C@@H](CCC(O)CO[N+](=O)[O-])C(=O)O)ccc2c1. The summed E-state index contributed by atoms with van der Waals surface area (Å²) in [6, 6.07) is 10.8. The topological polar surface area (TPSA) is 119 Å². The summed E-state index contributed by atoms with van der Waals surface area (Å²) >= 11 is 0. The van der Waals surface area contributed by atoms with Crippen molar-refractivity contribution < 1.29 is 29.7 Å². The molecule has 0 aliphatic heterocycles. The molecule has 0 bridgehead atoms. The Morgan fingerprint density at radius 1 is 1.20 bits per heavy atom. The van der Waals surface area contributed by atoms with Gasteiger partial charge < -0.3 is 19.8 Å². The summed E-state index contributed by atoms with van der Waals surface area (Å²) in [6.45, 7) is -0.475. The number of carbonyl (C=O) groups is 1. The molecule has 2 N–H and O–H groups in total. The minimum absolute atomic E-state index is 0.0749. The van der Waals surface area contributed by atoms with E-state index in [9.17, 15) is 25.1 Å². The van der Waals surface area contributed by atoms with Crippen molar-refractivity contribution in [3.8, 4) is 5.75 Å². The highest BCUT2D eigenvalue weighted by Crippen LogP contribution is 2.28. The number of methoxy groups -OCH3 is 1. The standard InChI is InChI=1S/C17H19NO7/c1-24-15-6-4-11-8-13(3-2-12(11)9-15)16(17(20)21)7-5-14(19)10-25-18(22)23/h2-4,6,8-9,14,16,19H,5,7,10H2,1H3,(H,20,21)/t14?,16-/m1/s1. The van der Waals surface area contributed by atoms with Crippen molar-refractivity contribution in [2.24, 2.45) is 0 Å². The largest absolute Gasteiger partial charge is 0.497 e. The molecule has 0 aromatic heterocycles. The number of ether oxygens (including phenoxy) is 1. The monoisotopic (exact) mass is 349 g/mol. The summed E-state index contributed by atoms with van der Waals surface area (Å²) in [7, 11) is 1.57. The van der Waals surface area contributed by atoms with E-state index >= 15 is 0 Å². The van der Waals surface area contributed by atoms with Crippen molar-refractivity contribution in [1.29, 1.82) is 0 Å². The van der Waals surface area contributed by atoms with Crippen molar-refractivity contribution in [3.63, 3.8) is 0 Å². The highest BCUT2D eigenvalue weighted by molar-refractivity contribution is 5.86. The third-order valence-electron chi connectivity index (χ3n) is 3.93. The number of benzene rings is 2. The van der Waals surface area contributed by atoms with Gasteiger partial charge in [-0.25, -0.2) is 0 Å². The summed E-state index contributed by atoms with van der Waals surface area (Å²) in [4.78, 5) is 25.8. The number of aliphatic carboxylic acids is 1. The zero-order valence-corrected chi connectivity index (χ0v) is 13.6. The first-order valence-electron chi connectivity index (χ1n) is 7.66. The lowest BCUT2D eigenvalue weighted by Gasteiger charge is -2.16. The van der Waals surface area contributed by atoms with Crippen LogP contribution < -0.4 is 4.74 Å². The Bertz CT molecular complexity index is 762. The van der Waals surface area contributed by atoms with Crippen LogP contribution in [0.3, 0.4) is 0 Å². The Kier molecular flexibility index (Phi) is 6.13. The van der Waals surface area contributed by atoms with E-state index in [0.29, 0.717) is 11.3 Å². The van der Waals surface area contributed by atoms with E-state index in [0.717, 1.165) is 10.8 Å². The van der Waals surface area contributed by atoms with Crippen LogP contribution in [0.15, 0.2) is 36.4 Å².